The molecule has 106 valence electrons. The van der Waals surface area contributed by atoms with Crippen molar-refractivity contribution in [3.8, 4) is 11.3 Å². The molecule has 0 bridgehead atoms. The Morgan fingerprint density at radius 2 is 2.05 bits per heavy atom. The van der Waals surface area contributed by atoms with Crippen LogP contribution in [0.1, 0.15) is 25.3 Å². The van der Waals surface area contributed by atoms with E-state index in [1.54, 1.807) is 22.9 Å². The molecule has 1 aliphatic carbocycles. The molecule has 0 aliphatic heterocycles. The van der Waals surface area contributed by atoms with Crippen LogP contribution in [0.25, 0.3) is 11.3 Å². The van der Waals surface area contributed by atoms with Crippen molar-refractivity contribution in [2.75, 3.05) is 5.73 Å². The van der Waals surface area contributed by atoms with Gasteiger partial charge in [-0.1, -0.05) is 23.2 Å². The van der Waals surface area contributed by atoms with Gasteiger partial charge in [0.15, 0.2) is 0 Å². The van der Waals surface area contributed by atoms with Gasteiger partial charge in [0.2, 0.25) is 0 Å². The van der Waals surface area contributed by atoms with Crippen LogP contribution >= 0.6 is 23.2 Å². The molecular formula is C14H15Cl2N3O. The van der Waals surface area contributed by atoms with Crippen molar-refractivity contribution in [2.45, 2.75) is 31.4 Å². The fourth-order valence-corrected chi connectivity index (χ4v) is 3.21. The summed E-state index contributed by atoms with van der Waals surface area (Å²) in [6, 6.07) is 7.00. The summed E-state index contributed by atoms with van der Waals surface area (Å²) in [6.07, 6.45) is 2.29. The van der Waals surface area contributed by atoms with Crippen molar-refractivity contribution < 1.29 is 5.11 Å². The van der Waals surface area contributed by atoms with Crippen molar-refractivity contribution in [3.05, 3.63) is 34.3 Å². The molecule has 1 heterocycles. The van der Waals surface area contributed by atoms with E-state index in [-0.39, 0.29) is 12.1 Å². The van der Waals surface area contributed by atoms with Crippen LogP contribution in [0.15, 0.2) is 24.3 Å². The van der Waals surface area contributed by atoms with Gasteiger partial charge in [0, 0.05) is 16.7 Å². The van der Waals surface area contributed by atoms with Gasteiger partial charge < -0.3 is 10.8 Å². The lowest BCUT2D eigenvalue weighted by Crippen LogP contribution is -2.20. The van der Waals surface area contributed by atoms with E-state index in [0.29, 0.717) is 21.6 Å². The quantitative estimate of drug-likeness (QED) is 0.891. The average Bonchev–Trinajstić information content (AvgIpc) is 2.95. The summed E-state index contributed by atoms with van der Waals surface area (Å²) >= 11 is 12.1. The molecule has 1 saturated carbocycles. The minimum absolute atomic E-state index is 0.0465. The van der Waals surface area contributed by atoms with E-state index in [1.807, 2.05) is 6.07 Å². The van der Waals surface area contributed by atoms with E-state index >= 15 is 0 Å². The molecule has 2 unspecified atom stereocenters. The van der Waals surface area contributed by atoms with Gasteiger partial charge in [0.1, 0.15) is 5.82 Å². The SMILES string of the molecule is Nc1cc(-c2ccc(Cl)cc2Cl)nn1C1CCCC1O. The average molecular weight is 312 g/mol. The molecular weight excluding hydrogens is 297 g/mol. The zero-order chi connectivity index (χ0) is 14.3. The number of benzene rings is 1. The number of anilines is 1. The summed E-state index contributed by atoms with van der Waals surface area (Å²) in [5, 5.41) is 15.6. The first-order chi connectivity index (χ1) is 9.56. The lowest BCUT2D eigenvalue weighted by Gasteiger charge is -2.16. The van der Waals surface area contributed by atoms with Crippen molar-refractivity contribution in [3.63, 3.8) is 0 Å². The van der Waals surface area contributed by atoms with E-state index in [0.717, 1.165) is 24.8 Å². The molecule has 0 radical (unpaired) electrons. The highest BCUT2D eigenvalue weighted by atomic mass is 35.5. The first-order valence-corrected chi connectivity index (χ1v) is 7.30. The molecule has 1 aromatic carbocycles. The molecule has 1 aromatic heterocycles. The molecule has 1 aliphatic rings. The second-order valence-corrected chi connectivity index (χ2v) is 5.93. The number of nitrogen functional groups attached to an aromatic ring is 1. The standard InChI is InChI=1S/C14H15Cl2N3O/c15-8-4-5-9(10(16)6-8)11-7-14(17)19(18-11)12-2-1-3-13(12)20/h4-7,12-13,20H,1-3,17H2. The van der Waals surface area contributed by atoms with E-state index in [1.165, 1.54) is 0 Å². The number of aliphatic hydroxyl groups is 1. The maximum absolute atomic E-state index is 9.98. The first kappa shape index (κ1) is 13.7. The van der Waals surface area contributed by atoms with Crippen LogP contribution < -0.4 is 5.73 Å². The van der Waals surface area contributed by atoms with Gasteiger partial charge in [-0.05, 0) is 37.5 Å². The maximum atomic E-state index is 9.98. The molecule has 2 aromatic rings. The van der Waals surface area contributed by atoms with Gasteiger partial charge in [0.25, 0.3) is 0 Å². The van der Waals surface area contributed by atoms with Crippen LogP contribution in [0.3, 0.4) is 0 Å². The molecule has 0 spiro atoms. The molecule has 6 heteroatoms. The van der Waals surface area contributed by atoms with E-state index in [2.05, 4.69) is 5.10 Å². The van der Waals surface area contributed by atoms with Gasteiger partial charge >= 0.3 is 0 Å². The Hall–Kier alpha value is -1.23. The topological polar surface area (TPSA) is 64.1 Å². The van der Waals surface area contributed by atoms with E-state index < -0.39 is 0 Å². The lowest BCUT2D eigenvalue weighted by molar-refractivity contribution is 0.131. The molecule has 1 fully saturated rings. The summed E-state index contributed by atoms with van der Waals surface area (Å²) in [7, 11) is 0. The number of rotatable bonds is 2. The highest BCUT2D eigenvalue weighted by Crippen LogP contribution is 2.35. The van der Waals surface area contributed by atoms with Crippen LogP contribution in [-0.2, 0) is 0 Å². The fraction of sp³-hybridized carbons (Fsp3) is 0.357. The number of hydrogen-bond acceptors (Lipinski definition) is 3. The van der Waals surface area contributed by atoms with Gasteiger partial charge in [-0.2, -0.15) is 5.10 Å². The second kappa shape index (κ2) is 5.28. The van der Waals surface area contributed by atoms with Gasteiger partial charge in [-0.25, -0.2) is 4.68 Å². The lowest BCUT2D eigenvalue weighted by atomic mass is 10.1. The Balaban J connectivity index is 2.00. The summed E-state index contributed by atoms with van der Waals surface area (Å²) in [6.45, 7) is 0. The Labute approximate surface area is 127 Å². The van der Waals surface area contributed by atoms with Crippen LogP contribution in [0.4, 0.5) is 5.82 Å². The first-order valence-electron chi connectivity index (χ1n) is 6.55. The molecule has 3 N–H and O–H groups in total. The third-order valence-electron chi connectivity index (χ3n) is 3.73. The number of hydrogen-bond donors (Lipinski definition) is 2. The van der Waals surface area contributed by atoms with Crippen molar-refractivity contribution in [1.29, 1.82) is 0 Å². The highest BCUT2D eigenvalue weighted by Gasteiger charge is 2.29. The third-order valence-corrected chi connectivity index (χ3v) is 4.28. The maximum Gasteiger partial charge on any atom is 0.122 e. The Kier molecular flexibility index (Phi) is 3.63. The van der Waals surface area contributed by atoms with Crippen LogP contribution in [0.2, 0.25) is 10.0 Å². The van der Waals surface area contributed by atoms with Gasteiger partial charge in [-0.3, -0.25) is 0 Å². The smallest absolute Gasteiger partial charge is 0.122 e. The summed E-state index contributed by atoms with van der Waals surface area (Å²) in [5.41, 5.74) is 7.50. The molecule has 4 nitrogen and oxygen atoms in total. The number of nitrogens with zero attached hydrogens (tertiary/aromatic N) is 2. The summed E-state index contributed by atoms with van der Waals surface area (Å²) < 4.78 is 1.71. The van der Waals surface area contributed by atoms with Crippen LogP contribution in [0.5, 0.6) is 0 Å². The molecule has 20 heavy (non-hydrogen) atoms. The molecule has 0 amide bonds. The zero-order valence-corrected chi connectivity index (χ0v) is 12.3. The fourth-order valence-electron chi connectivity index (χ4n) is 2.71. The van der Waals surface area contributed by atoms with E-state index in [9.17, 15) is 5.11 Å². The van der Waals surface area contributed by atoms with Crippen molar-refractivity contribution in [2.24, 2.45) is 0 Å². The largest absolute Gasteiger partial charge is 0.391 e. The van der Waals surface area contributed by atoms with Crippen molar-refractivity contribution in [1.82, 2.24) is 9.78 Å². The highest BCUT2D eigenvalue weighted by molar-refractivity contribution is 6.36. The normalized spacial score (nSPS) is 22.4. The number of aliphatic hydroxyl groups excluding tert-OH is 1. The number of aromatic nitrogens is 2. The van der Waals surface area contributed by atoms with E-state index in [4.69, 9.17) is 28.9 Å². The molecule has 3 rings (SSSR count). The predicted molar refractivity (Wildman–Crippen MR) is 81.0 cm³/mol. The predicted octanol–water partition coefficient (Wildman–Crippen LogP) is 3.53. The number of nitrogens with two attached hydrogens (primary N) is 1. The summed E-state index contributed by atoms with van der Waals surface area (Å²) in [4.78, 5) is 0. The molecule has 2 atom stereocenters. The minimum Gasteiger partial charge on any atom is -0.391 e. The van der Waals surface area contributed by atoms with Gasteiger partial charge in [-0.15, -0.1) is 0 Å². The minimum atomic E-state index is -0.384. The Morgan fingerprint density at radius 3 is 2.70 bits per heavy atom. The van der Waals surface area contributed by atoms with Crippen LogP contribution in [-0.4, -0.2) is 21.0 Å². The van der Waals surface area contributed by atoms with Gasteiger partial charge in [0.05, 0.1) is 22.9 Å². The summed E-state index contributed by atoms with van der Waals surface area (Å²) in [5.74, 6) is 0.539. The number of halogens is 2. The second-order valence-electron chi connectivity index (χ2n) is 5.09. The Bertz CT molecular complexity index is 641. The Morgan fingerprint density at radius 1 is 1.25 bits per heavy atom. The monoisotopic (exact) mass is 311 g/mol. The van der Waals surface area contributed by atoms with Crippen LogP contribution in [0, 0.1) is 0 Å². The zero-order valence-electron chi connectivity index (χ0n) is 10.8. The molecule has 0 saturated heterocycles. The third kappa shape index (κ3) is 2.39. The van der Waals surface area contributed by atoms with Crippen molar-refractivity contribution >= 4 is 29.0 Å².